The van der Waals surface area contributed by atoms with Gasteiger partial charge in [0.05, 0.1) is 5.69 Å². The van der Waals surface area contributed by atoms with Crippen LogP contribution in [0.15, 0.2) is 53.4 Å². The first-order chi connectivity index (χ1) is 11.1. The fourth-order valence-corrected chi connectivity index (χ4v) is 2.72. The Hall–Kier alpha value is -2.60. The predicted octanol–water partition coefficient (Wildman–Crippen LogP) is 4.02. The normalized spacial score (nSPS) is 10.5. The maximum Gasteiger partial charge on any atom is 0.251 e. The fraction of sp³-hybridized carbons (Fsp3) is 0.0588. The third kappa shape index (κ3) is 3.60. The van der Waals surface area contributed by atoms with Crippen LogP contribution in [0.4, 0.5) is 8.78 Å². The number of hydrogen-bond donors (Lipinski definition) is 1. The lowest BCUT2D eigenvalue weighted by Gasteiger charge is -2.07. The van der Waals surface area contributed by atoms with Crippen molar-refractivity contribution in [1.29, 1.82) is 0 Å². The van der Waals surface area contributed by atoms with Crippen LogP contribution in [0.5, 0.6) is 0 Å². The highest BCUT2D eigenvalue weighted by atomic mass is 32.1. The van der Waals surface area contributed by atoms with Gasteiger partial charge in [-0.3, -0.25) is 9.78 Å². The predicted molar refractivity (Wildman–Crippen MR) is 85.1 cm³/mol. The van der Waals surface area contributed by atoms with Crippen molar-refractivity contribution in [2.75, 3.05) is 0 Å². The van der Waals surface area contributed by atoms with Gasteiger partial charge < -0.3 is 5.32 Å². The summed E-state index contributed by atoms with van der Waals surface area (Å²) in [5.74, 6) is -2.48. The molecule has 3 aromatic rings. The largest absolute Gasteiger partial charge is 0.348 e. The molecular formula is C17H12F2N2OS. The van der Waals surface area contributed by atoms with Crippen LogP contribution < -0.4 is 5.32 Å². The van der Waals surface area contributed by atoms with Crippen molar-refractivity contribution >= 4 is 17.2 Å². The Morgan fingerprint density at radius 3 is 2.74 bits per heavy atom. The number of hydrogen-bond acceptors (Lipinski definition) is 3. The minimum atomic E-state index is -1.04. The van der Waals surface area contributed by atoms with Gasteiger partial charge in [-0.25, -0.2) is 8.78 Å². The standard InChI is InChI=1S/C17H12F2N2OS/c18-14-2-1-12(8-15(14)19)17(22)21-9-11-3-5-20-16(7-11)13-4-6-23-10-13/h1-8,10H,9H2,(H,21,22). The number of benzene rings is 1. The van der Waals surface area contributed by atoms with Gasteiger partial charge in [0.15, 0.2) is 11.6 Å². The summed E-state index contributed by atoms with van der Waals surface area (Å²) in [5.41, 5.74) is 2.79. The third-order valence-electron chi connectivity index (χ3n) is 3.28. The van der Waals surface area contributed by atoms with E-state index in [1.807, 2.05) is 22.9 Å². The van der Waals surface area contributed by atoms with Crippen molar-refractivity contribution in [3.63, 3.8) is 0 Å². The van der Waals surface area contributed by atoms with E-state index in [2.05, 4.69) is 10.3 Å². The second-order valence-electron chi connectivity index (χ2n) is 4.87. The van der Waals surface area contributed by atoms with Crippen LogP contribution in [0.2, 0.25) is 0 Å². The zero-order chi connectivity index (χ0) is 16.2. The van der Waals surface area contributed by atoms with Gasteiger partial charge in [0, 0.05) is 29.2 Å². The topological polar surface area (TPSA) is 42.0 Å². The van der Waals surface area contributed by atoms with E-state index in [1.165, 1.54) is 6.07 Å². The molecule has 2 heterocycles. The van der Waals surface area contributed by atoms with Crippen LogP contribution in [-0.4, -0.2) is 10.9 Å². The minimum Gasteiger partial charge on any atom is -0.348 e. The van der Waals surface area contributed by atoms with E-state index in [4.69, 9.17) is 0 Å². The number of rotatable bonds is 4. The minimum absolute atomic E-state index is 0.0796. The zero-order valence-corrected chi connectivity index (χ0v) is 12.7. The Morgan fingerprint density at radius 1 is 1.13 bits per heavy atom. The molecule has 1 aromatic carbocycles. The number of halogens is 2. The van der Waals surface area contributed by atoms with Gasteiger partial charge in [-0.1, -0.05) is 0 Å². The van der Waals surface area contributed by atoms with E-state index in [1.54, 1.807) is 23.6 Å². The van der Waals surface area contributed by atoms with Crippen molar-refractivity contribution in [1.82, 2.24) is 10.3 Å². The summed E-state index contributed by atoms with van der Waals surface area (Å²) >= 11 is 1.58. The molecule has 0 spiro atoms. The number of amides is 1. The second kappa shape index (κ2) is 6.66. The first kappa shape index (κ1) is 15.3. The van der Waals surface area contributed by atoms with Crippen LogP contribution in [0.3, 0.4) is 0 Å². The lowest BCUT2D eigenvalue weighted by atomic mass is 10.1. The van der Waals surface area contributed by atoms with Crippen LogP contribution in [0, 0.1) is 11.6 Å². The average Bonchev–Trinajstić information content (AvgIpc) is 3.10. The van der Waals surface area contributed by atoms with Gasteiger partial charge in [0.25, 0.3) is 5.91 Å². The Bertz CT molecular complexity index is 834. The molecule has 0 aliphatic heterocycles. The molecule has 116 valence electrons. The van der Waals surface area contributed by atoms with Crippen molar-refractivity contribution < 1.29 is 13.6 Å². The van der Waals surface area contributed by atoms with Crippen LogP contribution in [0.25, 0.3) is 11.3 Å². The van der Waals surface area contributed by atoms with Crippen LogP contribution in [-0.2, 0) is 6.54 Å². The molecule has 1 amide bonds. The van der Waals surface area contributed by atoms with Crippen molar-refractivity contribution in [3.8, 4) is 11.3 Å². The summed E-state index contributed by atoms with van der Waals surface area (Å²) in [6.07, 6.45) is 1.67. The van der Waals surface area contributed by atoms with Crippen LogP contribution in [0.1, 0.15) is 15.9 Å². The number of pyridine rings is 1. The highest BCUT2D eigenvalue weighted by Crippen LogP contribution is 2.20. The van der Waals surface area contributed by atoms with Gasteiger partial charge in [0.2, 0.25) is 0 Å². The number of aromatic nitrogens is 1. The van der Waals surface area contributed by atoms with Crippen molar-refractivity contribution in [3.05, 3.63) is 76.1 Å². The van der Waals surface area contributed by atoms with E-state index in [-0.39, 0.29) is 12.1 Å². The molecule has 6 heteroatoms. The molecule has 3 rings (SSSR count). The fourth-order valence-electron chi connectivity index (χ4n) is 2.07. The summed E-state index contributed by atoms with van der Waals surface area (Å²) in [4.78, 5) is 16.3. The number of nitrogens with one attached hydrogen (secondary N) is 1. The van der Waals surface area contributed by atoms with Gasteiger partial charge in [-0.15, -0.1) is 0 Å². The van der Waals surface area contributed by atoms with Gasteiger partial charge in [0.1, 0.15) is 0 Å². The van der Waals surface area contributed by atoms with Gasteiger partial charge >= 0.3 is 0 Å². The number of nitrogens with zero attached hydrogens (tertiary/aromatic N) is 1. The lowest BCUT2D eigenvalue weighted by molar-refractivity contribution is 0.0950. The smallest absolute Gasteiger partial charge is 0.251 e. The Morgan fingerprint density at radius 2 is 2.00 bits per heavy atom. The molecular weight excluding hydrogens is 318 g/mol. The molecule has 23 heavy (non-hydrogen) atoms. The highest BCUT2D eigenvalue weighted by molar-refractivity contribution is 7.08. The van der Waals surface area contributed by atoms with Gasteiger partial charge in [-0.05, 0) is 47.3 Å². The number of carbonyl (C=O) groups is 1. The molecule has 0 aliphatic rings. The molecule has 3 nitrogen and oxygen atoms in total. The SMILES string of the molecule is O=C(NCc1ccnc(-c2ccsc2)c1)c1ccc(F)c(F)c1. The Balaban J connectivity index is 1.69. The molecule has 2 aromatic heterocycles. The Labute approximate surface area is 135 Å². The molecule has 0 atom stereocenters. The first-order valence-electron chi connectivity index (χ1n) is 6.84. The molecule has 0 saturated carbocycles. The van der Waals surface area contributed by atoms with Crippen molar-refractivity contribution in [2.24, 2.45) is 0 Å². The summed E-state index contributed by atoms with van der Waals surface area (Å²) in [7, 11) is 0. The average molecular weight is 330 g/mol. The van der Waals surface area contributed by atoms with E-state index >= 15 is 0 Å². The first-order valence-corrected chi connectivity index (χ1v) is 7.78. The summed E-state index contributed by atoms with van der Waals surface area (Å²) in [6.45, 7) is 0.275. The number of carbonyl (C=O) groups excluding carboxylic acids is 1. The van der Waals surface area contributed by atoms with E-state index < -0.39 is 17.5 Å². The quantitative estimate of drug-likeness (QED) is 0.785. The Kier molecular flexibility index (Phi) is 4.43. The maximum absolute atomic E-state index is 13.2. The number of thiophene rings is 1. The summed E-state index contributed by atoms with van der Waals surface area (Å²) in [6, 6.07) is 8.71. The zero-order valence-electron chi connectivity index (χ0n) is 11.9. The lowest BCUT2D eigenvalue weighted by Crippen LogP contribution is -2.23. The molecule has 0 bridgehead atoms. The maximum atomic E-state index is 13.2. The summed E-state index contributed by atoms with van der Waals surface area (Å²) < 4.78 is 26.0. The molecule has 0 fully saturated rings. The van der Waals surface area contributed by atoms with E-state index in [0.717, 1.165) is 29.0 Å². The molecule has 0 radical (unpaired) electrons. The van der Waals surface area contributed by atoms with Crippen LogP contribution >= 0.6 is 11.3 Å². The summed E-state index contributed by atoms with van der Waals surface area (Å²) in [5, 5.41) is 6.64. The van der Waals surface area contributed by atoms with Crippen molar-refractivity contribution in [2.45, 2.75) is 6.54 Å². The molecule has 0 saturated heterocycles. The molecule has 1 N–H and O–H groups in total. The van der Waals surface area contributed by atoms with E-state index in [0.29, 0.717) is 0 Å². The molecule has 0 unspecified atom stereocenters. The third-order valence-corrected chi connectivity index (χ3v) is 3.96. The monoisotopic (exact) mass is 330 g/mol. The van der Waals surface area contributed by atoms with Gasteiger partial charge in [-0.2, -0.15) is 11.3 Å². The molecule has 0 aliphatic carbocycles. The second-order valence-corrected chi connectivity index (χ2v) is 5.65. The highest BCUT2D eigenvalue weighted by Gasteiger charge is 2.10. The van der Waals surface area contributed by atoms with E-state index in [9.17, 15) is 13.6 Å².